The van der Waals surface area contributed by atoms with Gasteiger partial charge in [-0.25, -0.2) is 4.98 Å². The molecule has 0 bridgehead atoms. The molecular weight excluding hydrogens is 1020 g/mol. The zero-order chi connectivity index (χ0) is 52.2. The van der Waals surface area contributed by atoms with Gasteiger partial charge in [-0.1, -0.05) is 13.0 Å². The summed E-state index contributed by atoms with van der Waals surface area (Å²) in [6.07, 6.45) is 6.64. The molecule has 3 N–H and O–H groups in total. The average molecular weight is 1090 g/mol. The predicted molar refractivity (Wildman–Crippen MR) is 296 cm³/mol. The van der Waals surface area contributed by atoms with Crippen LogP contribution in [0.1, 0.15) is 76.1 Å². The van der Waals surface area contributed by atoms with Crippen molar-refractivity contribution >= 4 is 103 Å². The maximum Gasteiger partial charge on any atom is 0.249 e. The number of rotatable bonds is 12. The smallest absolute Gasteiger partial charge is 0.249 e. The van der Waals surface area contributed by atoms with Gasteiger partial charge in [-0.05, 0) is 142 Å². The molecule has 0 radical (unpaired) electrons. The summed E-state index contributed by atoms with van der Waals surface area (Å²) in [5.41, 5.74) is 7.32. The fraction of sp³-hybridized carbons (Fsp3) is 0.473. The van der Waals surface area contributed by atoms with Crippen molar-refractivity contribution in [2.75, 3.05) is 98.1 Å². The topological polar surface area (TPSA) is 186 Å². The van der Waals surface area contributed by atoms with Gasteiger partial charge in [0.15, 0.2) is 0 Å². The van der Waals surface area contributed by atoms with Gasteiger partial charge >= 0.3 is 0 Å². The highest BCUT2D eigenvalue weighted by molar-refractivity contribution is 9.10. The van der Waals surface area contributed by atoms with Gasteiger partial charge < -0.3 is 34.6 Å². The Bertz CT molecular complexity index is 3090. The zero-order valence-corrected chi connectivity index (χ0v) is 45.9. The van der Waals surface area contributed by atoms with Crippen LogP contribution in [0.4, 0.5) is 40.2 Å². The van der Waals surface area contributed by atoms with Crippen LogP contribution in [0.5, 0.6) is 5.75 Å². The number of aromatic nitrogens is 3. The molecule has 1 unspecified atom stereocenters. The number of carbonyl (C=O) groups is 4. The molecule has 2 aromatic heterocycles. The lowest BCUT2D eigenvalue weighted by molar-refractivity contribution is -0.138. The first kappa shape index (κ1) is 51.4. The van der Waals surface area contributed by atoms with E-state index in [2.05, 4.69) is 86.6 Å². The summed E-state index contributed by atoms with van der Waals surface area (Å²) < 4.78 is 20.3. The van der Waals surface area contributed by atoms with Crippen molar-refractivity contribution in [3.63, 3.8) is 0 Å². The summed E-state index contributed by atoms with van der Waals surface area (Å²) in [4.78, 5) is 77.5. The number of piperidine rings is 3. The van der Waals surface area contributed by atoms with E-state index >= 15 is 0 Å². The average Bonchev–Trinajstić information content (AvgIpc) is 3.60. The van der Waals surface area contributed by atoms with Crippen LogP contribution in [0, 0.1) is 12.8 Å². The summed E-state index contributed by atoms with van der Waals surface area (Å²) in [7, 11) is -1.06. The Morgan fingerprint density at radius 3 is 2.27 bits per heavy atom. The van der Waals surface area contributed by atoms with E-state index in [1.165, 1.54) is 5.56 Å². The van der Waals surface area contributed by atoms with Crippen LogP contribution in [0.15, 0.2) is 65.3 Å². The number of hydrogen-bond acceptors (Lipinski definition) is 14. The number of hydrogen-bond donors (Lipinski definition) is 3. The molecule has 17 nitrogen and oxygen atoms in total. The van der Waals surface area contributed by atoms with Crippen LogP contribution in [-0.2, 0) is 35.6 Å². The fourth-order valence-electron chi connectivity index (χ4n) is 11.8. The third-order valence-electron chi connectivity index (χ3n) is 15.9. The molecule has 4 amide bonds. The lowest BCUT2D eigenvalue weighted by atomic mass is 9.85. The summed E-state index contributed by atoms with van der Waals surface area (Å²) in [6.45, 7) is 18.0. The summed E-state index contributed by atoms with van der Waals surface area (Å²) in [5, 5.41) is 10.8. The van der Waals surface area contributed by atoms with E-state index in [1.54, 1.807) is 31.5 Å². The molecule has 3 aromatic carbocycles. The number of nitrogens with one attached hydrogen (secondary N) is 3. The Labute approximate surface area is 441 Å². The molecule has 390 valence electrons. The van der Waals surface area contributed by atoms with E-state index in [1.807, 2.05) is 57.2 Å². The van der Waals surface area contributed by atoms with Gasteiger partial charge in [-0.15, -0.1) is 0 Å². The molecule has 0 saturated carbocycles. The van der Waals surface area contributed by atoms with Gasteiger partial charge in [0.05, 0.1) is 33.9 Å². The first-order valence-corrected chi connectivity index (χ1v) is 29.4. The molecule has 4 saturated heterocycles. The van der Waals surface area contributed by atoms with Crippen LogP contribution >= 0.6 is 23.1 Å². The fourth-order valence-corrected chi connectivity index (χ4v) is 13.6. The summed E-state index contributed by atoms with van der Waals surface area (Å²) in [5.74, 6) is 0.976. The Balaban J connectivity index is 0.725. The first-order chi connectivity index (χ1) is 35.4. The van der Waals surface area contributed by atoms with Gasteiger partial charge in [0.2, 0.25) is 29.6 Å². The van der Waals surface area contributed by atoms with Gasteiger partial charge in [0.1, 0.15) is 24.8 Å². The standard InChI is InChI=1S/C55H67BrN11O6P/c1-8-34-29-43(60-54-57-32-40(56)50(62-54)59-42-13-12-41-38(11-9-33(2)58-41)49(42)74(6,7)72)47(73-5)31-46(34)65-23-19-36(20-24-65)64-25-27-66(28-26-64)52(70)35-17-21-63(22-18-35)37-10-14-44-39(30-37)55(3,4)53(71)67(44)45-15-16-48(68)61-51(45)69/h9-14,29-32,35-36,45H,8,15-28H2,1-7H3,(H,61,68,69)(H2,57,59,60,62). The van der Waals surface area contributed by atoms with Crippen LogP contribution < -0.4 is 40.7 Å². The Kier molecular flexibility index (Phi) is 14.3. The Morgan fingerprint density at radius 1 is 0.851 bits per heavy atom. The number of benzene rings is 3. The Hall–Kier alpha value is -6.10. The maximum absolute atomic E-state index is 14.0. The number of nitrogens with zero attached hydrogens (tertiary/aromatic N) is 8. The minimum Gasteiger partial charge on any atom is -0.494 e. The second-order valence-electron chi connectivity index (χ2n) is 21.3. The number of pyridine rings is 1. The third-order valence-corrected chi connectivity index (χ3v) is 18.0. The van der Waals surface area contributed by atoms with Gasteiger partial charge in [0, 0.05) is 116 Å². The molecule has 10 rings (SSSR count). The number of methoxy groups -OCH3 is 1. The quantitative estimate of drug-likeness (QED) is 0.0810. The van der Waals surface area contributed by atoms with Crippen molar-refractivity contribution in [3.8, 4) is 5.75 Å². The van der Waals surface area contributed by atoms with Crippen molar-refractivity contribution < 1.29 is 28.5 Å². The largest absolute Gasteiger partial charge is 0.494 e. The van der Waals surface area contributed by atoms with E-state index < -0.39 is 24.5 Å². The molecule has 5 aromatic rings. The number of anilines is 7. The van der Waals surface area contributed by atoms with Crippen molar-refractivity contribution in [3.05, 3.63) is 82.1 Å². The van der Waals surface area contributed by atoms with Gasteiger partial charge in [-0.2, -0.15) is 4.98 Å². The van der Waals surface area contributed by atoms with E-state index in [-0.39, 0.29) is 30.1 Å². The van der Waals surface area contributed by atoms with Gasteiger partial charge in [0.25, 0.3) is 0 Å². The highest BCUT2D eigenvalue weighted by Crippen LogP contribution is 2.46. The molecule has 0 spiro atoms. The first-order valence-electron chi connectivity index (χ1n) is 26.0. The summed E-state index contributed by atoms with van der Waals surface area (Å²) >= 11 is 3.63. The number of amides is 4. The minimum atomic E-state index is -2.74. The second kappa shape index (κ2) is 20.6. The van der Waals surface area contributed by atoms with E-state index in [4.69, 9.17) is 9.72 Å². The molecular formula is C55H67BrN11O6P. The van der Waals surface area contributed by atoms with Crippen LogP contribution in [0.3, 0.4) is 0 Å². The molecule has 19 heteroatoms. The number of fused-ring (bicyclic) bond motifs is 2. The number of carbonyl (C=O) groups excluding carboxylic acids is 4. The van der Waals surface area contributed by atoms with Gasteiger partial charge in [-0.3, -0.25) is 39.3 Å². The van der Waals surface area contributed by atoms with Crippen LogP contribution in [-0.4, -0.2) is 133 Å². The highest BCUT2D eigenvalue weighted by Gasteiger charge is 2.49. The number of aryl methyl sites for hydroxylation is 2. The predicted octanol–water partition coefficient (Wildman–Crippen LogP) is 7.86. The minimum absolute atomic E-state index is 0.0175. The molecule has 4 fully saturated rings. The van der Waals surface area contributed by atoms with Crippen molar-refractivity contribution in [1.29, 1.82) is 0 Å². The van der Waals surface area contributed by atoms with E-state index in [0.29, 0.717) is 40.1 Å². The summed E-state index contributed by atoms with van der Waals surface area (Å²) in [6, 6.07) is 17.8. The molecule has 5 aliphatic heterocycles. The molecule has 74 heavy (non-hydrogen) atoms. The van der Waals surface area contributed by atoms with Crippen molar-refractivity contribution in [2.45, 2.75) is 90.1 Å². The SMILES string of the molecule is CCc1cc(Nc2ncc(Br)c(Nc3ccc4nc(C)ccc4c3P(C)(C)=O)n2)c(OC)cc1N1CCC(N2CCN(C(=O)C3CCN(c4ccc5c(c4)C(C)(C)C(=O)N5C4CCC(=O)NC4=O)CC3)CC2)CC1. The van der Waals surface area contributed by atoms with Crippen LogP contribution in [0.25, 0.3) is 10.9 Å². The second-order valence-corrected chi connectivity index (χ2v) is 25.3. The van der Waals surface area contributed by atoms with Crippen LogP contribution in [0.2, 0.25) is 0 Å². The maximum atomic E-state index is 14.0. The molecule has 1 atom stereocenters. The number of piperazine rings is 1. The van der Waals surface area contributed by atoms with E-state index in [9.17, 15) is 23.7 Å². The van der Waals surface area contributed by atoms with Crippen molar-refractivity contribution in [2.24, 2.45) is 5.92 Å². The van der Waals surface area contributed by atoms with E-state index in [0.717, 1.165) is 135 Å². The number of halogens is 1. The highest BCUT2D eigenvalue weighted by atomic mass is 79.9. The number of ether oxygens (including phenoxy) is 1. The lowest BCUT2D eigenvalue weighted by Gasteiger charge is -2.44. The monoisotopic (exact) mass is 1090 g/mol. The van der Waals surface area contributed by atoms with Crippen molar-refractivity contribution in [1.82, 2.24) is 30.1 Å². The molecule has 0 aliphatic carbocycles. The third kappa shape index (κ3) is 9.96. The molecule has 7 heterocycles. The Morgan fingerprint density at radius 2 is 1.58 bits per heavy atom. The lowest BCUT2D eigenvalue weighted by Crippen LogP contribution is -2.55. The zero-order valence-electron chi connectivity index (χ0n) is 43.5. The molecule has 5 aliphatic rings. The number of imide groups is 1. The normalized spacial score (nSPS) is 20.0.